The van der Waals surface area contributed by atoms with Gasteiger partial charge < -0.3 is 4.74 Å². The first kappa shape index (κ1) is 12.9. The van der Waals surface area contributed by atoms with Crippen LogP contribution in [0.4, 0.5) is 4.39 Å². The van der Waals surface area contributed by atoms with E-state index in [2.05, 4.69) is 12.6 Å². The summed E-state index contributed by atoms with van der Waals surface area (Å²) >= 11 is 9.54. The standard InChI is InChI=1S/C13H8ClFO2S/c14-8-1-6-12(11(7-8)13(16)18)17-10-4-2-9(15)3-5-10/h1-7H,(H,16,18). The Morgan fingerprint density at radius 1 is 1.17 bits per heavy atom. The number of halogens is 2. The van der Waals surface area contributed by atoms with Gasteiger partial charge in [-0.2, -0.15) is 0 Å². The highest BCUT2D eigenvalue weighted by atomic mass is 35.5. The molecule has 0 aliphatic heterocycles. The van der Waals surface area contributed by atoms with Gasteiger partial charge in [0, 0.05) is 5.02 Å². The van der Waals surface area contributed by atoms with E-state index in [4.69, 9.17) is 16.3 Å². The van der Waals surface area contributed by atoms with Crippen molar-refractivity contribution in [3.8, 4) is 11.5 Å². The van der Waals surface area contributed by atoms with Crippen LogP contribution in [0.15, 0.2) is 42.5 Å². The molecule has 2 rings (SSSR count). The maximum absolute atomic E-state index is 12.7. The summed E-state index contributed by atoms with van der Waals surface area (Å²) in [5.74, 6) is 0.393. The minimum absolute atomic E-state index is 0.259. The van der Waals surface area contributed by atoms with Crippen LogP contribution in [0.3, 0.4) is 0 Å². The molecule has 2 nitrogen and oxygen atoms in total. The van der Waals surface area contributed by atoms with E-state index in [1.165, 1.54) is 30.3 Å². The molecule has 0 aliphatic carbocycles. The summed E-state index contributed by atoms with van der Waals surface area (Å²) in [6, 6.07) is 10.1. The Bertz CT molecular complexity index is 584. The van der Waals surface area contributed by atoms with Crippen LogP contribution in [0.25, 0.3) is 0 Å². The third-order valence-electron chi connectivity index (χ3n) is 2.21. The zero-order valence-corrected chi connectivity index (χ0v) is 10.7. The number of thiol groups is 1. The zero-order valence-electron chi connectivity index (χ0n) is 9.06. The van der Waals surface area contributed by atoms with Crippen LogP contribution in [0.1, 0.15) is 10.4 Å². The molecule has 5 heteroatoms. The number of rotatable bonds is 3. The van der Waals surface area contributed by atoms with Crippen LogP contribution in [-0.4, -0.2) is 5.12 Å². The van der Waals surface area contributed by atoms with E-state index in [1.807, 2.05) is 0 Å². The quantitative estimate of drug-likeness (QED) is 0.848. The molecule has 0 radical (unpaired) electrons. The van der Waals surface area contributed by atoms with E-state index in [1.54, 1.807) is 12.1 Å². The lowest BCUT2D eigenvalue weighted by Crippen LogP contribution is -1.95. The van der Waals surface area contributed by atoms with Gasteiger partial charge in [-0.15, -0.1) is 12.6 Å². The molecule has 18 heavy (non-hydrogen) atoms. The molecule has 0 unspecified atom stereocenters. The molecule has 0 aliphatic rings. The summed E-state index contributed by atoms with van der Waals surface area (Å²) in [5.41, 5.74) is 0.259. The second kappa shape index (κ2) is 5.42. The predicted octanol–water partition coefficient (Wildman–Crippen LogP) is 4.34. The summed E-state index contributed by atoms with van der Waals surface area (Å²) in [6.45, 7) is 0. The maximum Gasteiger partial charge on any atom is 0.220 e. The maximum atomic E-state index is 12.7. The zero-order chi connectivity index (χ0) is 13.1. The molecule has 0 bridgehead atoms. The van der Waals surface area contributed by atoms with Gasteiger partial charge in [-0.05, 0) is 42.5 Å². The molecule has 0 aromatic heterocycles. The van der Waals surface area contributed by atoms with Gasteiger partial charge in [0.1, 0.15) is 17.3 Å². The number of hydrogen-bond acceptors (Lipinski definition) is 2. The van der Waals surface area contributed by atoms with E-state index in [0.29, 0.717) is 16.5 Å². The van der Waals surface area contributed by atoms with Gasteiger partial charge in [-0.3, -0.25) is 4.79 Å². The number of carbonyl (C=O) groups excluding carboxylic acids is 1. The molecule has 0 saturated heterocycles. The Hall–Kier alpha value is -1.52. The highest BCUT2D eigenvalue weighted by molar-refractivity contribution is 7.97. The monoisotopic (exact) mass is 282 g/mol. The lowest BCUT2D eigenvalue weighted by Gasteiger charge is -2.09. The van der Waals surface area contributed by atoms with E-state index in [-0.39, 0.29) is 11.4 Å². The molecular formula is C13H8ClFO2S. The van der Waals surface area contributed by atoms with Crippen molar-refractivity contribution in [2.45, 2.75) is 0 Å². The van der Waals surface area contributed by atoms with Crippen LogP contribution in [0.5, 0.6) is 11.5 Å². The fraction of sp³-hybridized carbons (Fsp3) is 0. The van der Waals surface area contributed by atoms with Crippen molar-refractivity contribution in [1.29, 1.82) is 0 Å². The topological polar surface area (TPSA) is 26.3 Å². The molecule has 2 aromatic carbocycles. The molecule has 0 fully saturated rings. The highest BCUT2D eigenvalue weighted by Gasteiger charge is 2.11. The van der Waals surface area contributed by atoms with Gasteiger partial charge in [0.2, 0.25) is 5.12 Å². The van der Waals surface area contributed by atoms with Crippen molar-refractivity contribution in [3.63, 3.8) is 0 Å². The smallest absolute Gasteiger partial charge is 0.220 e. The fourth-order valence-corrected chi connectivity index (χ4v) is 1.73. The summed E-state index contributed by atoms with van der Waals surface area (Å²) in [4.78, 5) is 11.3. The van der Waals surface area contributed by atoms with Crippen molar-refractivity contribution in [1.82, 2.24) is 0 Å². The Morgan fingerprint density at radius 3 is 2.44 bits per heavy atom. The van der Waals surface area contributed by atoms with E-state index in [9.17, 15) is 9.18 Å². The van der Waals surface area contributed by atoms with Crippen LogP contribution < -0.4 is 4.74 Å². The van der Waals surface area contributed by atoms with Gasteiger partial charge in [0.15, 0.2) is 0 Å². The summed E-state index contributed by atoms with van der Waals surface area (Å²) in [7, 11) is 0. The molecule has 0 N–H and O–H groups in total. The second-order valence-corrected chi connectivity index (χ2v) is 4.34. The number of ether oxygens (including phenoxy) is 1. The first-order valence-electron chi connectivity index (χ1n) is 5.02. The van der Waals surface area contributed by atoms with Crippen LogP contribution in [0.2, 0.25) is 5.02 Å². The SMILES string of the molecule is O=C(S)c1cc(Cl)ccc1Oc1ccc(F)cc1. The fourth-order valence-electron chi connectivity index (χ4n) is 1.39. The first-order chi connectivity index (χ1) is 8.56. The lowest BCUT2D eigenvalue weighted by molar-refractivity contribution is 0.108. The van der Waals surface area contributed by atoms with Gasteiger partial charge in [-0.1, -0.05) is 11.6 Å². The molecular weight excluding hydrogens is 275 g/mol. The number of hydrogen-bond donors (Lipinski definition) is 1. The largest absolute Gasteiger partial charge is 0.457 e. The average Bonchev–Trinajstić information content (AvgIpc) is 2.34. The molecule has 0 heterocycles. The van der Waals surface area contributed by atoms with Crippen molar-refractivity contribution >= 4 is 29.3 Å². The van der Waals surface area contributed by atoms with E-state index in [0.717, 1.165) is 0 Å². The second-order valence-electron chi connectivity index (χ2n) is 3.50. The molecule has 92 valence electrons. The Kier molecular flexibility index (Phi) is 3.89. The number of carbonyl (C=O) groups is 1. The van der Waals surface area contributed by atoms with Crippen LogP contribution in [0, 0.1) is 5.82 Å². The van der Waals surface area contributed by atoms with Gasteiger partial charge in [0.25, 0.3) is 0 Å². The molecule has 0 saturated carbocycles. The summed E-state index contributed by atoms with van der Waals surface area (Å²) < 4.78 is 18.2. The van der Waals surface area contributed by atoms with Crippen molar-refractivity contribution in [3.05, 3.63) is 58.9 Å². The third kappa shape index (κ3) is 3.03. The molecule has 0 spiro atoms. The molecule has 0 atom stereocenters. The minimum Gasteiger partial charge on any atom is -0.457 e. The minimum atomic E-state index is -0.449. The lowest BCUT2D eigenvalue weighted by atomic mass is 10.2. The summed E-state index contributed by atoms with van der Waals surface area (Å²) in [5, 5.41) is -0.0338. The van der Waals surface area contributed by atoms with Gasteiger partial charge >= 0.3 is 0 Å². The van der Waals surface area contributed by atoms with E-state index >= 15 is 0 Å². The van der Waals surface area contributed by atoms with Gasteiger partial charge in [0.05, 0.1) is 5.56 Å². The molecule has 0 amide bonds. The highest BCUT2D eigenvalue weighted by Crippen LogP contribution is 2.29. The van der Waals surface area contributed by atoms with Crippen LogP contribution in [-0.2, 0) is 0 Å². The normalized spacial score (nSPS) is 10.2. The van der Waals surface area contributed by atoms with Crippen molar-refractivity contribution in [2.75, 3.05) is 0 Å². The first-order valence-corrected chi connectivity index (χ1v) is 5.85. The Morgan fingerprint density at radius 2 is 1.83 bits per heavy atom. The van der Waals surface area contributed by atoms with Crippen molar-refractivity contribution in [2.24, 2.45) is 0 Å². The number of benzene rings is 2. The Labute approximate surface area is 114 Å². The third-order valence-corrected chi connectivity index (χ3v) is 2.69. The summed E-state index contributed by atoms with van der Waals surface area (Å²) in [6.07, 6.45) is 0. The van der Waals surface area contributed by atoms with Crippen molar-refractivity contribution < 1.29 is 13.9 Å². The van der Waals surface area contributed by atoms with E-state index < -0.39 is 5.12 Å². The predicted molar refractivity (Wildman–Crippen MR) is 71.2 cm³/mol. The Balaban J connectivity index is 2.34. The van der Waals surface area contributed by atoms with Gasteiger partial charge in [-0.25, -0.2) is 4.39 Å². The molecule has 2 aromatic rings. The average molecular weight is 283 g/mol. The van der Waals surface area contributed by atoms with Crippen LogP contribution >= 0.6 is 24.2 Å².